The first kappa shape index (κ1) is 12.8. The fourth-order valence-corrected chi connectivity index (χ4v) is 2.90. The summed E-state index contributed by atoms with van der Waals surface area (Å²) >= 11 is 0. The molecule has 1 N–H and O–H groups in total. The molecule has 1 aromatic rings. The molecule has 3 rings (SSSR count). The third kappa shape index (κ3) is 2.85. The van der Waals surface area contributed by atoms with Crippen LogP contribution in [0.1, 0.15) is 5.56 Å². The van der Waals surface area contributed by atoms with E-state index in [4.69, 9.17) is 0 Å². The number of hydrogen-bond donors (Lipinski definition) is 1. The number of hydrogen-bond acceptors (Lipinski definition) is 4. The fraction of sp³-hybridized carbons (Fsp3) is 0.600. The number of likely N-dealkylation sites (N-methyl/N-ethyl adjacent to an activating group) is 2. The molecule has 2 aliphatic rings. The van der Waals surface area contributed by atoms with E-state index in [2.05, 4.69) is 52.3 Å². The van der Waals surface area contributed by atoms with Gasteiger partial charge in [0.25, 0.3) is 0 Å². The van der Waals surface area contributed by atoms with Crippen LogP contribution in [-0.4, -0.2) is 63.2 Å². The largest absolute Gasteiger partial charge is 0.383 e. The van der Waals surface area contributed by atoms with Crippen LogP contribution >= 0.6 is 0 Å². The van der Waals surface area contributed by atoms with Gasteiger partial charge in [-0.25, -0.2) is 0 Å². The summed E-state index contributed by atoms with van der Waals surface area (Å²) in [4.78, 5) is 7.28. The van der Waals surface area contributed by atoms with Gasteiger partial charge in [0.05, 0.1) is 0 Å². The maximum absolute atomic E-state index is 3.52. The average Bonchev–Trinajstić information content (AvgIpc) is 2.59. The lowest BCUT2D eigenvalue weighted by atomic mass is 10.1. The van der Waals surface area contributed by atoms with Crippen molar-refractivity contribution >= 4 is 11.4 Å². The molecule has 0 aliphatic carbocycles. The summed E-state index contributed by atoms with van der Waals surface area (Å²) in [5, 5.41) is 3.52. The molecule has 0 unspecified atom stereocenters. The van der Waals surface area contributed by atoms with Gasteiger partial charge in [0.1, 0.15) is 0 Å². The molecule has 2 heterocycles. The van der Waals surface area contributed by atoms with Gasteiger partial charge in [-0.2, -0.15) is 0 Å². The zero-order chi connectivity index (χ0) is 13.2. The molecule has 2 aliphatic heterocycles. The summed E-state index contributed by atoms with van der Waals surface area (Å²) in [5.74, 6) is 0. The lowest BCUT2D eigenvalue weighted by molar-refractivity contribution is 0.312. The van der Waals surface area contributed by atoms with E-state index in [9.17, 15) is 0 Å². The minimum atomic E-state index is 1.04. The van der Waals surface area contributed by atoms with Crippen molar-refractivity contribution in [2.45, 2.75) is 6.54 Å². The van der Waals surface area contributed by atoms with E-state index in [0.29, 0.717) is 0 Å². The molecule has 4 nitrogen and oxygen atoms in total. The van der Waals surface area contributed by atoms with Crippen molar-refractivity contribution in [1.82, 2.24) is 9.80 Å². The van der Waals surface area contributed by atoms with Crippen molar-refractivity contribution in [3.8, 4) is 0 Å². The molecule has 0 bridgehead atoms. The fourth-order valence-electron chi connectivity index (χ4n) is 2.90. The number of fused-ring (bicyclic) bond motifs is 1. The second-order valence-electron chi connectivity index (χ2n) is 5.80. The molecule has 0 saturated carbocycles. The monoisotopic (exact) mass is 260 g/mol. The third-order valence-corrected chi connectivity index (χ3v) is 4.21. The van der Waals surface area contributed by atoms with Gasteiger partial charge in [-0.15, -0.1) is 0 Å². The summed E-state index contributed by atoms with van der Waals surface area (Å²) in [5.41, 5.74) is 4.11. The molecule has 0 amide bonds. The third-order valence-electron chi connectivity index (χ3n) is 4.21. The summed E-state index contributed by atoms with van der Waals surface area (Å²) < 4.78 is 0. The Kier molecular flexibility index (Phi) is 3.62. The minimum Gasteiger partial charge on any atom is -0.383 e. The van der Waals surface area contributed by atoms with Crippen LogP contribution < -0.4 is 10.2 Å². The number of nitrogens with zero attached hydrogens (tertiary/aromatic N) is 3. The standard InChI is InChI=1S/C15H24N4/c1-17-7-9-19(10-8-17)14-3-4-15-13(11-14)12-18(2)6-5-16-15/h3-4,11,16H,5-10,12H2,1-2H3. The second-order valence-corrected chi connectivity index (χ2v) is 5.80. The molecule has 0 radical (unpaired) electrons. The molecule has 104 valence electrons. The molecule has 1 saturated heterocycles. The predicted octanol–water partition coefficient (Wildman–Crippen LogP) is 1.30. The smallest absolute Gasteiger partial charge is 0.0387 e. The first-order chi connectivity index (χ1) is 9.22. The average molecular weight is 260 g/mol. The number of rotatable bonds is 1. The van der Waals surface area contributed by atoms with E-state index < -0.39 is 0 Å². The van der Waals surface area contributed by atoms with Gasteiger partial charge in [-0.3, -0.25) is 0 Å². The number of benzene rings is 1. The number of anilines is 2. The SMILES string of the molecule is CN1CCN(c2ccc3c(c2)CN(C)CCN3)CC1. The van der Waals surface area contributed by atoms with E-state index in [1.165, 1.54) is 16.9 Å². The highest BCUT2D eigenvalue weighted by molar-refractivity contribution is 5.61. The Morgan fingerprint density at radius 3 is 2.53 bits per heavy atom. The highest BCUT2D eigenvalue weighted by Crippen LogP contribution is 2.26. The van der Waals surface area contributed by atoms with Gasteiger partial charge in [0.15, 0.2) is 0 Å². The Morgan fingerprint density at radius 1 is 0.947 bits per heavy atom. The van der Waals surface area contributed by atoms with Crippen LogP contribution in [0, 0.1) is 0 Å². The van der Waals surface area contributed by atoms with Crippen LogP contribution in [0.3, 0.4) is 0 Å². The van der Waals surface area contributed by atoms with Gasteiger partial charge in [-0.05, 0) is 37.9 Å². The van der Waals surface area contributed by atoms with Crippen molar-refractivity contribution in [2.75, 3.05) is 63.6 Å². The summed E-state index contributed by atoms with van der Waals surface area (Å²) in [6, 6.07) is 6.89. The molecule has 0 aromatic heterocycles. The van der Waals surface area contributed by atoms with E-state index in [1.807, 2.05) is 0 Å². The molecule has 0 spiro atoms. The Labute approximate surface area is 116 Å². The Balaban J connectivity index is 1.80. The van der Waals surface area contributed by atoms with Crippen LogP contribution in [0.4, 0.5) is 11.4 Å². The van der Waals surface area contributed by atoms with Gasteiger partial charge in [0, 0.05) is 57.2 Å². The molecule has 1 aromatic carbocycles. The van der Waals surface area contributed by atoms with E-state index in [1.54, 1.807) is 0 Å². The highest BCUT2D eigenvalue weighted by atomic mass is 15.2. The van der Waals surface area contributed by atoms with Gasteiger partial charge >= 0.3 is 0 Å². The molecular weight excluding hydrogens is 236 g/mol. The molecule has 19 heavy (non-hydrogen) atoms. The zero-order valence-electron chi connectivity index (χ0n) is 12.0. The molecule has 4 heteroatoms. The van der Waals surface area contributed by atoms with Crippen LogP contribution in [0.25, 0.3) is 0 Å². The Hall–Kier alpha value is -1.26. The maximum Gasteiger partial charge on any atom is 0.0387 e. The molecule has 0 atom stereocenters. The van der Waals surface area contributed by atoms with Crippen molar-refractivity contribution in [3.63, 3.8) is 0 Å². The van der Waals surface area contributed by atoms with Crippen LogP contribution in [0.15, 0.2) is 18.2 Å². The molecular formula is C15H24N4. The van der Waals surface area contributed by atoms with Gasteiger partial charge < -0.3 is 20.0 Å². The summed E-state index contributed by atoms with van der Waals surface area (Å²) in [6.45, 7) is 7.79. The van der Waals surface area contributed by atoms with Crippen molar-refractivity contribution < 1.29 is 0 Å². The normalized spacial score (nSPS) is 21.7. The Morgan fingerprint density at radius 2 is 1.74 bits per heavy atom. The van der Waals surface area contributed by atoms with Crippen LogP contribution in [0.5, 0.6) is 0 Å². The van der Waals surface area contributed by atoms with Gasteiger partial charge in [0.2, 0.25) is 0 Å². The summed E-state index contributed by atoms with van der Waals surface area (Å²) in [7, 11) is 4.40. The number of piperazine rings is 1. The highest BCUT2D eigenvalue weighted by Gasteiger charge is 2.17. The second kappa shape index (κ2) is 5.39. The lowest BCUT2D eigenvalue weighted by Gasteiger charge is -2.34. The first-order valence-electron chi connectivity index (χ1n) is 7.21. The van der Waals surface area contributed by atoms with Crippen LogP contribution in [0.2, 0.25) is 0 Å². The Bertz CT molecular complexity index is 438. The van der Waals surface area contributed by atoms with Crippen molar-refractivity contribution in [1.29, 1.82) is 0 Å². The predicted molar refractivity (Wildman–Crippen MR) is 81.0 cm³/mol. The maximum atomic E-state index is 3.52. The summed E-state index contributed by atoms with van der Waals surface area (Å²) in [6.07, 6.45) is 0. The topological polar surface area (TPSA) is 21.8 Å². The van der Waals surface area contributed by atoms with E-state index in [0.717, 1.165) is 45.8 Å². The van der Waals surface area contributed by atoms with Crippen LogP contribution in [-0.2, 0) is 6.54 Å². The van der Waals surface area contributed by atoms with Gasteiger partial charge in [-0.1, -0.05) is 0 Å². The van der Waals surface area contributed by atoms with E-state index in [-0.39, 0.29) is 0 Å². The molecule has 1 fully saturated rings. The lowest BCUT2D eigenvalue weighted by Crippen LogP contribution is -2.44. The quantitative estimate of drug-likeness (QED) is 0.821. The zero-order valence-corrected chi connectivity index (χ0v) is 12.0. The van der Waals surface area contributed by atoms with E-state index >= 15 is 0 Å². The van der Waals surface area contributed by atoms with Crippen molar-refractivity contribution in [3.05, 3.63) is 23.8 Å². The number of nitrogens with one attached hydrogen (secondary N) is 1. The first-order valence-corrected chi connectivity index (χ1v) is 7.21. The van der Waals surface area contributed by atoms with Crippen molar-refractivity contribution in [2.24, 2.45) is 0 Å². The minimum absolute atomic E-state index is 1.04.